The van der Waals surface area contributed by atoms with Gasteiger partial charge in [0.2, 0.25) is 0 Å². The molecule has 0 bridgehead atoms. The summed E-state index contributed by atoms with van der Waals surface area (Å²) in [6.07, 6.45) is 0. The Bertz CT molecular complexity index is 229. The van der Waals surface area contributed by atoms with E-state index in [2.05, 4.69) is 0 Å². The molecule has 3 heteroatoms. The number of ketones is 1. The topological polar surface area (TPSA) is 54.4 Å². The van der Waals surface area contributed by atoms with E-state index >= 15 is 0 Å². The lowest BCUT2D eigenvalue weighted by Crippen LogP contribution is -2.13. The minimum absolute atomic E-state index is 0.00678. The number of Topliss-reactive ketones (excluding diaryl/α,β-unsaturated/α-hetero) is 1. The highest BCUT2D eigenvalue weighted by atomic mass is 16.4. The first-order valence-corrected chi connectivity index (χ1v) is 4.50. The number of rotatable bonds is 2. The Labute approximate surface area is 78.1 Å². The molecule has 1 N–H and O–H groups in total. The molecule has 0 heterocycles. The maximum Gasteiger partial charge on any atom is 0.307 e. The number of carboxylic acids is 1. The molecule has 3 nitrogen and oxygen atoms in total. The Balaban J connectivity index is 2.79. The van der Waals surface area contributed by atoms with Crippen molar-refractivity contribution in [2.45, 2.75) is 27.7 Å². The van der Waals surface area contributed by atoms with Gasteiger partial charge in [-0.15, -0.1) is 0 Å². The molecule has 74 valence electrons. The first-order chi connectivity index (χ1) is 5.76. The molecular formula is C10H16O3. The van der Waals surface area contributed by atoms with E-state index in [1.165, 1.54) is 6.92 Å². The Hall–Kier alpha value is -0.860. The third kappa shape index (κ3) is 1.74. The van der Waals surface area contributed by atoms with E-state index in [1.807, 2.05) is 20.8 Å². The zero-order valence-corrected chi connectivity index (χ0v) is 8.50. The standard InChI is InChI=1S/C10H16O3/c1-5(11)6-7(9(12)13)8(6)10(2,3)4/h6-8H,1-4H3,(H,12,13). The number of carbonyl (C=O) groups excluding carboxylic acids is 1. The van der Waals surface area contributed by atoms with E-state index < -0.39 is 11.9 Å². The fourth-order valence-corrected chi connectivity index (χ4v) is 2.20. The molecule has 0 aromatic rings. The van der Waals surface area contributed by atoms with Crippen molar-refractivity contribution in [1.29, 1.82) is 0 Å². The van der Waals surface area contributed by atoms with Crippen molar-refractivity contribution in [2.24, 2.45) is 23.2 Å². The fraction of sp³-hybridized carbons (Fsp3) is 0.800. The molecule has 0 saturated heterocycles. The van der Waals surface area contributed by atoms with E-state index in [0.717, 1.165) is 0 Å². The number of carbonyl (C=O) groups is 2. The van der Waals surface area contributed by atoms with Crippen LogP contribution < -0.4 is 0 Å². The maximum absolute atomic E-state index is 11.1. The van der Waals surface area contributed by atoms with Crippen LogP contribution >= 0.6 is 0 Å². The second-order valence-electron chi connectivity index (χ2n) is 4.89. The average molecular weight is 184 g/mol. The number of hydrogen-bond acceptors (Lipinski definition) is 2. The van der Waals surface area contributed by atoms with Crippen LogP contribution in [0.4, 0.5) is 0 Å². The molecule has 1 aliphatic carbocycles. The quantitative estimate of drug-likeness (QED) is 0.708. The summed E-state index contributed by atoms with van der Waals surface area (Å²) >= 11 is 0. The van der Waals surface area contributed by atoms with Gasteiger partial charge in [-0.25, -0.2) is 0 Å². The van der Waals surface area contributed by atoms with Gasteiger partial charge in [-0.1, -0.05) is 20.8 Å². The summed E-state index contributed by atoms with van der Waals surface area (Å²) in [5, 5.41) is 8.85. The summed E-state index contributed by atoms with van der Waals surface area (Å²) in [5.74, 6) is -1.51. The van der Waals surface area contributed by atoms with Crippen LogP contribution in [0.3, 0.4) is 0 Å². The minimum Gasteiger partial charge on any atom is -0.481 e. The van der Waals surface area contributed by atoms with E-state index in [4.69, 9.17) is 5.11 Å². The summed E-state index contributed by atoms with van der Waals surface area (Å²) < 4.78 is 0. The Morgan fingerprint density at radius 3 is 1.69 bits per heavy atom. The largest absolute Gasteiger partial charge is 0.481 e. The van der Waals surface area contributed by atoms with E-state index in [-0.39, 0.29) is 23.0 Å². The van der Waals surface area contributed by atoms with Crippen LogP contribution in [0.25, 0.3) is 0 Å². The van der Waals surface area contributed by atoms with Crippen LogP contribution in [0.5, 0.6) is 0 Å². The predicted molar refractivity (Wildman–Crippen MR) is 48.2 cm³/mol. The third-order valence-corrected chi connectivity index (χ3v) is 2.77. The molecule has 0 radical (unpaired) electrons. The minimum atomic E-state index is -0.833. The fourth-order valence-electron chi connectivity index (χ4n) is 2.20. The number of aliphatic carboxylic acids is 1. The van der Waals surface area contributed by atoms with Crippen molar-refractivity contribution < 1.29 is 14.7 Å². The lowest BCUT2D eigenvalue weighted by atomic mass is 9.87. The second kappa shape index (κ2) is 2.82. The summed E-state index contributed by atoms with van der Waals surface area (Å²) in [6, 6.07) is 0. The highest BCUT2D eigenvalue weighted by molar-refractivity contribution is 5.90. The molecule has 13 heavy (non-hydrogen) atoms. The van der Waals surface area contributed by atoms with E-state index in [0.29, 0.717) is 0 Å². The molecule has 0 aliphatic heterocycles. The first kappa shape index (κ1) is 10.2. The molecule has 1 rings (SSSR count). The second-order valence-corrected chi connectivity index (χ2v) is 4.89. The van der Waals surface area contributed by atoms with Crippen molar-refractivity contribution >= 4 is 11.8 Å². The van der Waals surface area contributed by atoms with Crippen molar-refractivity contribution in [3.05, 3.63) is 0 Å². The van der Waals surface area contributed by atoms with Gasteiger partial charge in [-0.3, -0.25) is 9.59 Å². The van der Waals surface area contributed by atoms with Gasteiger partial charge < -0.3 is 5.11 Å². The van der Waals surface area contributed by atoms with Gasteiger partial charge in [-0.2, -0.15) is 0 Å². The summed E-state index contributed by atoms with van der Waals surface area (Å²) in [6.45, 7) is 7.43. The van der Waals surface area contributed by atoms with E-state index in [9.17, 15) is 9.59 Å². The van der Waals surface area contributed by atoms with E-state index in [1.54, 1.807) is 0 Å². The molecule has 1 aliphatic rings. The molecule has 0 aromatic heterocycles. The van der Waals surface area contributed by atoms with Gasteiger partial charge in [0, 0.05) is 5.92 Å². The van der Waals surface area contributed by atoms with Crippen LogP contribution in [0.2, 0.25) is 0 Å². The van der Waals surface area contributed by atoms with Crippen LogP contribution in [-0.2, 0) is 9.59 Å². The molecular weight excluding hydrogens is 168 g/mol. The number of carboxylic acid groups (broad SMARTS) is 1. The molecule has 3 unspecified atom stereocenters. The van der Waals surface area contributed by atoms with Crippen LogP contribution in [0.15, 0.2) is 0 Å². The first-order valence-electron chi connectivity index (χ1n) is 4.50. The molecule has 3 atom stereocenters. The lowest BCUT2D eigenvalue weighted by Gasteiger charge is -2.17. The van der Waals surface area contributed by atoms with Gasteiger partial charge in [0.15, 0.2) is 0 Å². The van der Waals surface area contributed by atoms with Crippen molar-refractivity contribution in [2.75, 3.05) is 0 Å². The monoisotopic (exact) mass is 184 g/mol. The van der Waals surface area contributed by atoms with Gasteiger partial charge in [0.05, 0.1) is 5.92 Å². The average Bonchev–Trinajstić information content (AvgIpc) is 2.56. The van der Waals surface area contributed by atoms with Gasteiger partial charge >= 0.3 is 5.97 Å². The summed E-state index contributed by atoms with van der Waals surface area (Å²) in [4.78, 5) is 21.9. The van der Waals surface area contributed by atoms with Gasteiger partial charge in [0.1, 0.15) is 5.78 Å². The number of hydrogen-bond donors (Lipinski definition) is 1. The van der Waals surface area contributed by atoms with Crippen molar-refractivity contribution in [3.63, 3.8) is 0 Å². The molecule has 0 spiro atoms. The normalized spacial score (nSPS) is 32.8. The lowest BCUT2D eigenvalue weighted by molar-refractivity contribution is -0.140. The van der Waals surface area contributed by atoms with Crippen molar-refractivity contribution in [3.8, 4) is 0 Å². The van der Waals surface area contributed by atoms with Gasteiger partial charge in [-0.05, 0) is 18.3 Å². The molecule has 1 fully saturated rings. The summed E-state index contributed by atoms with van der Waals surface area (Å²) in [7, 11) is 0. The van der Waals surface area contributed by atoms with Crippen LogP contribution in [0.1, 0.15) is 27.7 Å². The van der Waals surface area contributed by atoms with Crippen LogP contribution in [-0.4, -0.2) is 16.9 Å². The van der Waals surface area contributed by atoms with Crippen molar-refractivity contribution in [1.82, 2.24) is 0 Å². The molecule has 0 amide bonds. The highest BCUT2D eigenvalue weighted by Crippen LogP contribution is 2.56. The van der Waals surface area contributed by atoms with Gasteiger partial charge in [0.25, 0.3) is 0 Å². The third-order valence-electron chi connectivity index (χ3n) is 2.77. The summed E-state index contributed by atoms with van der Waals surface area (Å²) in [5.41, 5.74) is -0.0839. The molecule has 1 saturated carbocycles. The van der Waals surface area contributed by atoms with Crippen LogP contribution in [0, 0.1) is 23.2 Å². The smallest absolute Gasteiger partial charge is 0.307 e. The predicted octanol–water partition coefficient (Wildman–Crippen LogP) is 1.57. The zero-order valence-electron chi connectivity index (χ0n) is 8.50. The SMILES string of the molecule is CC(=O)C1C(C(=O)O)C1C(C)(C)C. The maximum atomic E-state index is 11.1. The zero-order chi connectivity index (χ0) is 10.4. The Morgan fingerprint density at radius 2 is 1.62 bits per heavy atom. The highest BCUT2D eigenvalue weighted by Gasteiger charge is 2.61. The molecule has 0 aromatic carbocycles. The Morgan fingerprint density at radius 1 is 1.15 bits per heavy atom. The Kier molecular flexibility index (Phi) is 2.22.